The van der Waals surface area contributed by atoms with Crippen LogP contribution in [-0.4, -0.2) is 25.0 Å². The van der Waals surface area contributed by atoms with Crippen molar-refractivity contribution in [3.05, 3.63) is 39.7 Å². The molecule has 0 fully saturated rings. The molecule has 0 amide bonds. The van der Waals surface area contributed by atoms with Gasteiger partial charge in [-0.15, -0.1) is 0 Å². The van der Waals surface area contributed by atoms with Crippen molar-refractivity contribution in [2.75, 3.05) is 0 Å². The van der Waals surface area contributed by atoms with Gasteiger partial charge in [-0.25, -0.2) is 13.3 Å². The molecule has 2 N–H and O–H groups in total. The predicted octanol–water partition coefficient (Wildman–Crippen LogP) is 2.48. The molecule has 0 spiro atoms. The number of non-ortho nitro benzene ring substituents is 1. The van der Waals surface area contributed by atoms with Crippen molar-refractivity contribution in [3.8, 4) is 0 Å². The molecule has 1 aromatic rings. The summed E-state index contributed by atoms with van der Waals surface area (Å²) < 4.78 is 28.4. The van der Waals surface area contributed by atoms with E-state index in [1.807, 2.05) is 0 Å². The third kappa shape index (κ3) is 4.80. The van der Waals surface area contributed by atoms with E-state index in [1.54, 1.807) is 20.8 Å². The number of nitrogens with zero attached hydrogens (tertiary/aromatic N) is 1. The van der Waals surface area contributed by atoms with Crippen molar-refractivity contribution in [2.45, 2.75) is 44.4 Å². The molecule has 0 bridgehead atoms. The maximum absolute atomic E-state index is 14.2. The third-order valence-corrected chi connectivity index (χ3v) is 4.88. The van der Waals surface area contributed by atoms with Crippen LogP contribution in [0.1, 0.15) is 39.7 Å². The molecule has 0 aliphatic rings. The number of carbonyl (C=O) groups is 1. The topological polar surface area (TPSA) is 110 Å². The van der Waals surface area contributed by atoms with Gasteiger partial charge in [0, 0.05) is 17.7 Å². The predicted molar refractivity (Wildman–Crippen MR) is 83.7 cm³/mol. The molecular formula is C14H19FN2O5S. The first-order valence-corrected chi connectivity index (χ1v) is 7.88. The Morgan fingerprint density at radius 2 is 1.96 bits per heavy atom. The van der Waals surface area contributed by atoms with E-state index in [0.717, 1.165) is 18.2 Å². The maximum atomic E-state index is 14.2. The molecule has 0 heterocycles. The summed E-state index contributed by atoms with van der Waals surface area (Å²) in [5.41, 5.74) is -2.16. The largest absolute Gasteiger partial charge is 0.481 e. The van der Waals surface area contributed by atoms with Crippen LogP contribution in [0, 0.1) is 15.9 Å². The van der Waals surface area contributed by atoms with Crippen LogP contribution < -0.4 is 4.72 Å². The van der Waals surface area contributed by atoms with E-state index in [9.17, 15) is 23.5 Å². The minimum absolute atomic E-state index is 0.216. The highest BCUT2D eigenvalue weighted by atomic mass is 32.2. The SMILES string of the molecule is CC(CC(=O)O)(NS(=O)C(C)(C)C)c1cc([N+](=O)[O-])ccc1F. The van der Waals surface area contributed by atoms with Gasteiger partial charge in [0.1, 0.15) is 5.82 Å². The zero-order chi connectivity index (χ0) is 18.0. The van der Waals surface area contributed by atoms with Gasteiger partial charge in [0.15, 0.2) is 0 Å². The second kappa shape index (κ2) is 6.71. The Labute approximate surface area is 135 Å². The number of hydrogen-bond donors (Lipinski definition) is 2. The van der Waals surface area contributed by atoms with Gasteiger partial charge in [-0.05, 0) is 33.8 Å². The number of nitrogens with one attached hydrogen (secondary N) is 1. The van der Waals surface area contributed by atoms with E-state index in [1.165, 1.54) is 6.92 Å². The van der Waals surface area contributed by atoms with Crippen LogP contribution in [0.5, 0.6) is 0 Å². The monoisotopic (exact) mass is 346 g/mol. The molecule has 1 rings (SSSR count). The smallest absolute Gasteiger partial charge is 0.305 e. The Morgan fingerprint density at radius 1 is 1.39 bits per heavy atom. The van der Waals surface area contributed by atoms with Crippen LogP contribution >= 0.6 is 0 Å². The number of nitro groups is 1. The summed E-state index contributed by atoms with van der Waals surface area (Å²) in [6.45, 7) is 6.36. The number of rotatable bonds is 6. The summed E-state index contributed by atoms with van der Waals surface area (Å²) in [4.78, 5) is 21.3. The Hall–Kier alpha value is -1.87. The van der Waals surface area contributed by atoms with Crippen LogP contribution in [-0.2, 0) is 21.3 Å². The summed E-state index contributed by atoms with van der Waals surface area (Å²) in [6.07, 6.45) is -0.590. The molecule has 0 aliphatic carbocycles. The third-order valence-electron chi connectivity index (χ3n) is 3.13. The summed E-state index contributed by atoms with van der Waals surface area (Å²) in [6, 6.07) is 2.85. The zero-order valence-corrected chi connectivity index (χ0v) is 14.1. The highest BCUT2D eigenvalue weighted by Crippen LogP contribution is 2.31. The molecule has 0 saturated heterocycles. The Kier molecular flexibility index (Phi) is 5.60. The van der Waals surface area contributed by atoms with Crippen molar-refractivity contribution < 1.29 is 23.4 Å². The molecule has 1 aromatic carbocycles. The molecule has 0 aromatic heterocycles. The summed E-state index contributed by atoms with van der Waals surface area (Å²) in [7, 11) is -1.70. The maximum Gasteiger partial charge on any atom is 0.305 e. The Balaban J connectivity index is 3.41. The van der Waals surface area contributed by atoms with Crippen LogP contribution in [0.25, 0.3) is 0 Å². The number of nitro benzene ring substituents is 1. The second-order valence-corrected chi connectivity index (χ2v) is 8.27. The van der Waals surface area contributed by atoms with Gasteiger partial charge in [-0.3, -0.25) is 14.9 Å². The average Bonchev–Trinajstić information content (AvgIpc) is 2.36. The molecular weight excluding hydrogens is 327 g/mol. The molecule has 128 valence electrons. The number of aliphatic carboxylic acids is 1. The molecule has 2 atom stereocenters. The van der Waals surface area contributed by atoms with Gasteiger partial charge in [0.2, 0.25) is 0 Å². The fourth-order valence-electron chi connectivity index (χ4n) is 1.90. The van der Waals surface area contributed by atoms with Crippen molar-refractivity contribution in [3.63, 3.8) is 0 Å². The summed E-state index contributed by atoms with van der Waals surface area (Å²) in [5.74, 6) is -2.06. The number of hydrogen-bond acceptors (Lipinski definition) is 4. The molecule has 2 unspecified atom stereocenters. The number of carboxylic acid groups (broad SMARTS) is 1. The zero-order valence-electron chi connectivity index (χ0n) is 13.3. The van der Waals surface area contributed by atoms with Crippen LogP contribution in [0.15, 0.2) is 18.2 Å². The van der Waals surface area contributed by atoms with Crippen molar-refractivity contribution >= 4 is 22.6 Å². The van der Waals surface area contributed by atoms with Crippen molar-refractivity contribution in [2.24, 2.45) is 0 Å². The first-order chi connectivity index (χ1) is 10.4. The van der Waals surface area contributed by atoms with E-state index < -0.39 is 44.4 Å². The number of carboxylic acids is 1. The van der Waals surface area contributed by atoms with Gasteiger partial charge >= 0.3 is 5.97 Å². The molecule has 7 nitrogen and oxygen atoms in total. The van der Waals surface area contributed by atoms with Gasteiger partial charge < -0.3 is 5.11 Å². The average molecular weight is 346 g/mol. The second-order valence-electron chi connectivity index (χ2n) is 6.31. The lowest BCUT2D eigenvalue weighted by atomic mass is 9.89. The van der Waals surface area contributed by atoms with Crippen LogP contribution in [0.4, 0.5) is 10.1 Å². The molecule has 0 aliphatic heterocycles. The van der Waals surface area contributed by atoms with E-state index >= 15 is 0 Å². The normalized spacial score (nSPS) is 15.7. The van der Waals surface area contributed by atoms with Crippen LogP contribution in [0.2, 0.25) is 0 Å². The highest BCUT2D eigenvalue weighted by Gasteiger charge is 2.37. The number of halogens is 1. The molecule has 0 radical (unpaired) electrons. The van der Waals surface area contributed by atoms with Crippen molar-refractivity contribution in [1.29, 1.82) is 0 Å². The Morgan fingerprint density at radius 3 is 2.39 bits per heavy atom. The lowest BCUT2D eigenvalue weighted by Crippen LogP contribution is -2.47. The summed E-state index contributed by atoms with van der Waals surface area (Å²) in [5, 5.41) is 20.0. The lowest BCUT2D eigenvalue weighted by molar-refractivity contribution is -0.385. The number of benzene rings is 1. The van der Waals surface area contributed by atoms with Gasteiger partial charge in [-0.2, -0.15) is 0 Å². The fourth-order valence-corrected chi connectivity index (χ4v) is 2.79. The van der Waals surface area contributed by atoms with Gasteiger partial charge in [0.05, 0.1) is 32.6 Å². The van der Waals surface area contributed by atoms with E-state index in [0.29, 0.717) is 0 Å². The molecule has 23 heavy (non-hydrogen) atoms. The first kappa shape index (κ1) is 19.2. The van der Waals surface area contributed by atoms with E-state index in [4.69, 9.17) is 5.11 Å². The van der Waals surface area contributed by atoms with Gasteiger partial charge in [-0.1, -0.05) is 0 Å². The molecule has 0 saturated carbocycles. The summed E-state index contributed by atoms with van der Waals surface area (Å²) >= 11 is 0. The van der Waals surface area contributed by atoms with E-state index in [2.05, 4.69) is 4.72 Å². The van der Waals surface area contributed by atoms with Gasteiger partial charge in [0.25, 0.3) is 5.69 Å². The highest BCUT2D eigenvalue weighted by molar-refractivity contribution is 7.84. The lowest BCUT2D eigenvalue weighted by Gasteiger charge is -2.32. The van der Waals surface area contributed by atoms with E-state index in [-0.39, 0.29) is 11.3 Å². The molecule has 9 heteroatoms. The minimum atomic E-state index is -1.70. The minimum Gasteiger partial charge on any atom is -0.481 e. The van der Waals surface area contributed by atoms with Crippen molar-refractivity contribution in [1.82, 2.24) is 4.72 Å². The fraction of sp³-hybridized carbons (Fsp3) is 0.500. The first-order valence-electron chi connectivity index (χ1n) is 6.73. The standard InChI is InChI=1S/C14H19FN2O5S/c1-13(2,3)23(22)16-14(4,8-12(18)19)10-7-9(17(20)21)5-6-11(10)15/h5-7,16H,8H2,1-4H3,(H,18,19). The van der Waals surface area contributed by atoms with Crippen LogP contribution in [0.3, 0.4) is 0 Å². The Bertz CT molecular complexity index is 659. The quantitative estimate of drug-likeness (QED) is 0.607.